The van der Waals surface area contributed by atoms with Crippen LogP contribution in [-0.4, -0.2) is 17.7 Å². The molecule has 1 aromatic carbocycles. The van der Waals surface area contributed by atoms with Crippen LogP contribution in [0.1, 0.15) is 37.3 Å². The molecule has 0 radical (unpaired) electrons. The van der Waals surface area contributed by atoms with Gasteiger partial charge in [0, 0.05) is 6.04 Å². The van der Waals surface area contributed by atoms with E-state index in [1.54, 1.807) is 6.07 Å². The van der Waals surface area contributed by atoms with E-state index >= 15 is 0 Å². The number of nitrogens with one attached hydrogen (secondary N) is 1. The van der Waals surface area contributed by atoms with Gasteiger partial charge in [0.05, 0.1) is 0 Å². The SMILES string of the molecule is CC1CCNC(C2(O)CCc3c(F)cccc32)C1. The predicted octanol–water partition coefficient (Wildman–Crippen LogP) is 2.35. The molecule has 0 amide bonds. The van der Waals surface area contributed by atoms with Gasteiger partial charge in [0.1, 0.15) is 11.4 Å². The Kier molecular flexibility index (Phi) is 2.91. The Hall–Kier alpha value is -0.930. The third-order valence-corrected chi connectivity index (χ3v) is 4.58. The average Bonchev–Trinajstić information content (AvgIpc) is 2.70. The van der Waals surface area contributed by atoms with Crippen molar-refractivity contribution >= 4 is 0 Å². The third-order valence-electron chi connectivity index (χ3n) is 4.58. The van der Waals surface area contributed by atoms with Crippen LogP contribution in [-0.2, 0) is 12.0 Å². The molecule has 1 heterocycles. The fraction of sp³-hybridized carbons (Fsp3) is 0.600. The van der Waals surface area contributed by atoms with Gasteiger partial charge in [-0.2, -0.15) is 0 Å². The monoisotopic (exact) mass is 249 g/mol. The van der Waals surface area contributed by atoms with E-state index in [2.05, 4.69) is 12.2 Å². The molecule has 1 aromatic rings. The van der Waals surface area contributed by atoms with Crippen molar-refractivity contribution in [2.45, 2.75) is 44.2 Å². The van der Waals surface area contributed by atoms with Gasteiger partial charge in [-0.25, -0.2) is 4.39 Å². The summed E-state index contributed by atoms with van der Waals surface area (Å²) in [6, 6.07) is 5.13. The van der Waals surface area contributed by atoms with E-state index in [1.165, 1.54) is 6.07 Å². The van der Waals surface area contributed by atoms with E-state index in [4.69, 9.17) is 0 Å². The van der Waals surface area contributed by atoms with E-state index in [-0.39, 0.29) is 11.9 Å². The summed E-state index contributed by atoms with van der Waals surface area (Å²) in [5.41, 5.74) is 0.626. The van der Waals surface area contributed by atoms with E-state index in [0.29, 0.717) is 24.3 Å². The first-order valence-electron chi connectivity index (χ1n) is 6.85. The van der Waals surface area contributed by atoms with Gasteiger partial charge < -0.3 is 10.4 Å². The molecule has 1 fully saturated rings. The minimum absolute atomic E-state index is 0.0595. The first kappa shape index (κ1) is 12.1. The summed E-state index contributed by atoms with van der Waals surface area (Å²) < 4.78 is 13.7. The van der Waals surface area contributed by atoms with Gasteiger partial charge in [-0.15, -0.1) is 0 Å². The Bertz CT molecular complexity index is 462. The lowest BCUT2D eigenvalue weighted by Crippen LogP contribution is -2.51. The van der Waals surface area contributed by atoms with Crippen LogP contribution in [0.4, 0.5) is 4.39 Å². The Morgan fingerprint density at radius 3 is 3.06 bits per heavy atom. The molecular weight excluding hydrogens is 229 g/mol. The Balaban J connectivity index is 1.96. The van der Waals surface area contributed by atoms with Crippen molar-refractivity contribution < 1.29 is 9.50 Å². The van der Waals surface area contributed by atoms with E-state index in [0.717, 1.165) is 24.9 Å². The van der Waals surface area contributed by atoms with Crippen LogP contribution in [0, 0.1) is 11.7 Å². The van der Waals surface area contributed by atoms with Gasteiger partial charge in [-0.05, 0) is 55.3 Å². The molecular formula is C15H20FNO. The van der Waals surface area contributed by atoms with Crippen molar-refractivity contribution in [1.29, 1.82) is 0 Å². The van der Waals surface area contributed by atoms with Gasteiger partial charge in [-0.3, -0.25) is 0 Å². The van der Waals surface area contributed by atoms with Crippen LogP contribution in [0.3, 0.4) is 0 Å². The molecule has 1 aliphatic heterocycles. The molecule has 1 aliphatic carbocycles. The normalized spacial score (nSPS) is 35.5. The highest BCUT2D eigenvalue weighted by Crippen LogP contribution is 2.42. The number of rotatable bonds is 1. The Morgan fingerprint density at radius 2 is 2.28 bits per heavy atom. The minimum atomic E-state index is -0.883. The second-order valence-corrected chi connectivity index (χ2v) is 5.83. The number of benzene rings is 1. The summed E-state index contributed by atoms with van der Waals surface area (Å²) >= 11 is 0. The predicted molar refractivity (Wildman–Crippen MR) is 68.8 cm³/mol. The zero-order valence-electron chi connectivity index (χ0n) is 10.7. The fourth-order valence-corrected chi connectivity index (χ4v) is 3.50. The molecule has 2 aliphatic rings. The highest BCUT2D eigenvalue weighted by Gasteiger charge is 2.45. The quantitative estimate of drug-likeness (QED) is 0.800. The number of piperidine rings is 1. The molecule has 98 valence electrons. The van der Waals surface area contributed by atoms with Crippen LogP contribution >= 0.6 is 0 Å². The summed E-state index contributed by atoms with van der Waals surface area (Å²) in [5, 5.41) is 14.4. The third kappa shape index (κ3) is 1.77. The molecule has 2 nitrogen and oxygen atoms in total. The van der Waals surface area contributed by atoms with Crippen molar-refractivity contribution in [2.24, 2.45) is 5.92 Å². The maximum absolute atomic E-state index is 13.7. The first-order chi connectivity index (χ1) is 8.61. The molecule has 1 saturated heterocycles. The number of hydrogen-bond acceptors (Lipinski definition) is 2. The lowest BCUT2D eigenvalue weighted by Gasteiger charge is -2.39. The van der Waals surface area contributed by atoms with Gasteiger partial charge in [-0.1, -0.05) is 19.1 Å². The largest absolute Gasteiger partial charge is 0.384 e. The van der Waals surface area contributed by atoms with Crippen LogP contribution in [0.25, 0.3) is 0 Å². The standard InChI is InChI=1S/C15H20FNO/c1-10-6-8-17-14(9-10)15(18)7-5-11-12(15)3-2-4-13(11)16/h2-4,10,14,17-18H,5-9H2,1H3. The molecule has 3 rings (SSSR count). The van der Waals surface area contributed by atoms with Crippen LogP contribution < -0.4 is 5.32 Å². The van der Waals surface area contributed by atoms with Crippen molar-refractivity contribution in [3.8, 4) is 0 Å². The van der Waals surface area contributed by atoms with Crippen LogP contribution in [0.2, 0.25) is 0 Å². The maximum Gasteiger partial charge on any atom is 0.126 e. The molecule has 18 heavy (non-hydrogen) atoms. The van der Waals surface area contributed by atoms with E-state index < -0.39 is 5.60 Å². The summed E-state index contributed by atoms with van der Waals surface area (Å²) in [6.45, 7) is 3.16. The van der Waals surface area contributed by atoms with Crippen LogP contribution in [0.5, 0.6) is 0 Å². The number of halogens is 1. The molecule has 2 N–H and O–H groups in total. The summed E-state index contributed by atoms with van der Waals surface area (Å²) in [4.78, 5) is 0. The van der Waals surface area contributed by atoms with Gasteiger partial charge in [0.2, 0.25) is 0 Å². The molecule has 3 heteroatoms. The average molecular weight is 249 g/mol. The van der Waals surface area contributed by atoms with Crippen molar-refractivity contribution in [3.63, 3.8) is 0 Å². The first-order valence-corrected chi connectivity index (χ1v) is 6.85. The topological polar surface area (TPSA) is 32.3 Å². The van der Waals surface area contributed by atoms with Crippen molar-refractivity contribution in [1.82, 2.24) is 5.32 Å². The second-order valence-electron chi connectivity index (χ2n) is 5.83. The Morgan fingerprint density at radius 1 is 1.44 bits per heavy atom. The van der Waals surface area contributed by atoms with Gasteiger partial charge in [0.25, 0.3) is 0 Å². The lowest BCUT2D eigenvalue weighted by atomic mass is 9.80. The lowest BCUT2D eigenvalue weighted by molar-refractivity contribution is -0.0169. The van der Waals surface area contributed by atoms with Crippen molar-refractivity contribution in [2.75, 3.05) is 6.54 Å². The highest BCUT2D eigenvalue weighted by molar-refractivity contribution is 5.39. The van der Waals surface area contributed by atoms with Gasteiger partial charge in [0.15, 0.2) is 0 Å². The summed E-state index contributed by atoms with van der Waals surface area (Å²) in [5.74, 6) is 0.449. The smallest absolute Gasteiger partial charge is 0.126 e. The van der Waals surface area contributed by atoms with Crippen LogP contribution in [0.15, 0.2) is 18.2 Å². The number of aliphatic hydroxyl groups is 1. The molecule has 3 atom stereocenters. The van der Waals surface area contributed by atoms with E-state index in [9.17, 15) is 9.50 Å². The molecule has 0 aromatic heterocycles. The van der Waals surface area contributed by atoms with Crippen molar-refractivity contribution in [3.05, 3.63) is 35.1 Å². The molecule has 3 unspecified atom stereocenters. The highest BCUT2D eigenvalue weighted by atomic mass is 19.1. The minimum Gasteiger partial charge on any atom is -0.384 e. The number of fused-ring (bicyclic) bond motifs is 1. The fourth-order valence-electron chi connectivity index (χ4n) is 3.50. The summed E-state index contributed by atoms with van der Waals surface area (Å²) in [7, 11) is 0. The zero-order valence-corrected chi connectivity index (χ0v) is 10.7. The number of hydrogen-bond donors (Lipinski definition) is 2. The maximum atomic E-state index is 13.7. The summed E-state index contributed by atoms with van der Waals surface area (Å²) in [6.07, 6.45) is 3.40. The molecule has 0 spiro atoms. The van der Waals surface area contributed by atoms with E-state index in [1.807, 2.05) is 6.07 Å². The molecule has 0 bridgehead atoms. The van der Waals surface area contributed by atoms with Gasteiger partial charge >= 0.3 is 0 Å². The zero-order chi connectivity index (χ0) is 12.8. The molecule has 0 saturated carbocycles. The Labute approximate surface area is 107 Å². The second kappa shape index (κ2) is 4.32.